The first-order valence-electron chi connectivity index (χ1n) is 6.80. The zero-order valence-corrected chi connectivity index (χ0v) is 12.4. The molecule has 0 fully saturated rings. The molecule has 1 aliphatic heterocycles. The fraction of sp³-hybridized carbons (Fsp3) is 0.500. The minimum absolute atomic E-state index is 0.0226. The standard InChI is InChI=1S/C12H14F3N7O/c1-7-9(12(13,14)15)19-20(2)10(7)18-11(23)21-3-4-22-8(5-21)16-6-17-22/h6H,3-5H2,1-2H3,(H,18,23). The quantitative estimate of drug-likeness (QED) is 0.857. The monoisotopic (exact) mass is 329 g/mol. The SMILES string of the molecule is Cc1c(C(F)(F)F)nn(C)c1NC(=O)N1CCn2ncnc2C1. The first kappa shape index (κ1) is 15.3. The van der Waals surface area contributed by atoms with Crippen LogP contribution in [0.3, 0.4) is 0 Å². The Labute approximate surface area is 128 Å². The van der Waals surface area contributed by atoms with Crippen LogP contribution in [0.1, 0.15) is 17.1 Å². The van der Waals surface area contributed by atoms with Gasteiger partial charge in [-0.05, 0) is 6.92 Å². The second-order valence-corrected chi connectivity index (χ2v) is 5.19. The second kappa shape index (κ2) is 5.25. The number of hydrogen-bond donors (Lipinski definition) is 1. The van der Waals surface area contributed by atoms with E-state index in [2.05, 4.69) is 20.5 Å². The van der Waals surface area contributed by atoms with Crippen molar-refractivity contribution in [3.8, 4) is 0 Å². The summed E-state index contributed by atoms with van der Waals surface area (Å²) in [7, 11) is 1.35. The molecule has 0 radical (unpaired) electrons. The van der Waals surface area contributed by atoms with Gasteiger partial charge in [0.05, 0.1) is 13.1 Å². The lowest BCUT2D eigenvalue weighted by molar-refractivity contribution is -0.141. The Morgan fingerprint density at radius 3 is 2.74 bits per heavy atom. The molecular weight excluding hydrogens is 315 g/mol. The molecule has 2 aromatic rings. The number of rotatable bonds is 1. The summed E-state index contributed by atoms with van der Waals surface area (Å²) in [5, 5.41) is 9.93. The Balaban J connectivity index is 1.78. The van der Waals surface area contributed by atoms with Crippen LogP contribution in [-0.2, 0) is 26.3 Å². The van der Waals surface area contributed by atoms with Crippen LogP contribution in [0.4, 0.5) is 23.8 Å². The van der Waals surface area contributed by atoms with Gasteiger partial charge in [0, 0.05) is 19.2 Å². The van der Waals surface area contributed by atoms with E-state index in [0.717, 1.165) is 4.68 Å². The van der Waals surface area contributed by atoms with Gasteiger partial charge in [0.2, 0.25) is 0 Å². The number of nitrogens with zero attached hydrogens (tertiary/aromatic N) is 6. The number of urea groups is 1. The molecule has 124 valence electrons. The van der Waals surface area contributed by atoms with Crippen molar-refractivity contribution in [2.45, 2.75) is 26.2 Å². The highest BCUT2D eigenvalue weighted by Gasteiger charge is 2.38. The van der Waals surface area contributed by atoms with E-state index in [9.17, 15) is 18.0 Å². The number of halogens is 3. The lowest BCUT2D eigenvalue weighted by Crippen LogP contribution is -2.41. The predicted molar refractivity (Wildman–Crippen MR) is 72.4 cm³/mol. The Kier molecular flexibility index (Phi) is 3.49. The molecule has 0 bridgehead atoms. The van der Waals surface area contributed by atoms with Crippen molar-refractivity contribution in [2.75, 3.05) is 11.9 Å². The molecule has 23 heavy (non-hydrogen) atoms. The van der Waals surface area contributed by atoms with Crippen LogP contribution in [0, 0.1) is 6.92 Å². The Hall–Kier alpha value is -2.59. The summed E-state index contributed by atoms with van der Waals surface area (Å²) in [6, 6.07) is -0.501. The summed E-state index contributed by atoms with van der Waals surface area (Å²) in [6.07, 6.45) is -3.16. The number of nitrogens with one attached hydrogen (secondary N) is 1. The summed E-state index contributed by atoms with van der Waals surface area (Å²) >= 11 is 0. The van der Waals surface area contributed by atoms with Gasteiger partial charge in [-0.15, -0.1) is 0 Å². The number of alkyl halides is 3. The molecule has 0 spiro atoms. The van der Waals surface area contributed by atoms with Crippen molar-refractivity contribution in [1.82, 2.24) is 29.4 Å². The van der Waals surface area contributed by atoms with Crippen LogP contribution >= 0.6 is 0 Å². The molecule has 2 aromatic heterocycles. The van der Waals surface area contributed by atoms with Gasteiger partial charge in [0.25, 0.3) is 0 Å². The van der Waals surface area contributed by atoms with Gasteiger partial charge in [-0.25, -0.2) is 14.5 Å². The number of carbonyl (C=O) groups is 1. The smallest absolute Gasteiger partial charge is 0.315 e. The van der Waals surface area contributed by atoms with Gasteiger partial charge in [-0.1, -0.05) is 0 Å². The molecule has 2 amide bonds. The predicted octanol–water partition coefficient (Wildman–Crippen LogP) is 1.39. The third kappa shape index (κ3) is 2.73. The van der Waals surface area contributed by atoms with Crippen molar-refractivity contribution in [3.05, 3.63) is 23.4 Å². The molecule has 0 aromatic carbocycles. The highest BCUT2D eigenvalue weighted by Crippen LogP contribution is 2.33. The highest BCUT2D eigenvalue weighted by atomic mass is 19.4. The van der Waals surface area contributed by atoms with E-state index in [4.69, 9.17) is 0 Å². The van der Waals surface area contributed by atoms with E-state index in [1.54, 1.807) is 4.68 Å². The van der Waals surface area contributed by atoms with Crippen molar-refractivity contribution in [2.24, 2.45) is 7.05 Å². The maximum Gasteiger partial charge on any atom is 0.435 e. The Morgan fingerprint density at radius 2 is 2.09 bits per heavy atom. The highest BCUT2D eigenvalue weighted by molar-refractivity contribution is 5.89. The molecule has 3 heterocycles. The molecule has 3 rings (SSSR count). The lowest BCUT2D eigenvalue weighted by Gasteiger charge is -2.26. The van der Waals surface area contributed by atoms with Crippen molar-refractivity contribution in [1.29, 1.82) is 0 Å². The molecular formula is C12H14F3N7O. The molecule has 1 N–H and O–H groups in total. The topological polar surface area (TPSA) is 80.9 Å². The Bertz CT molecular complexity index is 748. The first-order chi connectivity index (χ1) is 10.8. The normalized spacial score (nSPS) is 14.7. The van der Waals surface area contributed by atoms with E-state index < -0.39 is 17.9 Å². The number of aromatic nitrogens is 5. The van der Waals surface area contributed by atoms with E-state index in [1.165, 1.54) is 25.2 Å². The molecule has 0 saturated heterocycles. The van der Waals surface area contributed by atoms with E-state index in [-0.39, 0.29) is 17.9 Å². The summed E-state index contributed by atoms with van der Waals surface area (Å²) < 4.78 is 41.2. The zero-order chi connectivity index (χ0) is 16.8. The fourth-order valence-corrected chi connectivity index (χ4v) is 2.49. The van der Waals surface area contributed by atoms with Crippen LogP contribution in [0.25, 0.3) is 0 Å². The van der Waals surface area contributed by atoms with Gasteiger partial charge in [0.1, 0.15) is 18.0 Å². The molecule has 0 aliphatic carbocycles. The average Bonchev–Trinajstić information content (AvgIpc) is 3.05. The van der Waals surface area contributed by atoms with Crippen LogP contribution in [0.5, 0.6) is 0 Å². The van der Waals surface area contributed by atoms with Gasteiger partial charge in [-0.2, -0.15) is 23.4 Å². The molecule has 0 saturated carbocycles. The third-order valence-electron chi connectivity index (χ3n) is 3.67. The number of aryl methyl sites for hydroxylation is 1. The minimum Gasteiger partial charge on any atom is -0.315 e. The van der Waals surface area contributed by atoms with E-state index in [0.29, 0.717) is 18.9 Å². The second-order valence-electron chi connectivity index (χ2n) is 5.19. The first-order valence-corrected chi connectivity index (χ1v) is 6.80. The third-order valence-corrected chi connectivity index (χ3v) is 3.67. The lowest BCUT2D eigenvalue weighted by atomic mass is 10.2. The molecule has 0 unspecified atom stereocenters. The zero-order valence-electron chi connectivity index (χ0n) is 12.4. The maximum atomic E-state index is 12.8. The molecule has 11 heteroatoms. The molecule has 0 atom stereocenters. The number of hydrogen-bond acceptors (Lipinski definition) is 4. The van der Waals surface area contributed by atoms with Crippen molar-refractivity contribution >= 4 is 11.8 Å². The van der Waals surface area contributed by atoms with Gasteiger partial charge < -0.3 is 4.90 Å². The van der Waals surface area contributed by atoms with E-state index in [1.807, 2.05) is 0 Å². The van der Waals surface area contributed by atoms with Crippen molar-refractivity contribution < 1.29 is 18.0 Å². The number of anilines is 1. The van der Waals surface area contributed by atoms with Gasteiger partial charge >= 0.3 is 12.2 Å². The fourth-order valence-electron chi connectivity index (χ4n) is 2.49. The molecule has 8 nitrogen and oxygen atoms in total. The van der Waals surface area contributed by atoms with Crippen LogP contribution in [0.2, 0.25) is 0 Å². The summed E-state index contributed by atoms with van der Waals surface area (Å²) in [4.78, 5) is 17.8. The summed E-state index contributed by atoms with van der Waals surface area (Å²) in [5.74, 6) is 0.651. The van der Waals surface area contributed by atoms with Gasteiger partial charge in [0.15, 0.2) is 5.69 Å². The minimum atomic E-state index is -4.56. The van der Waals surface area contributed by atoms with E-state index >= 15 is 0 Å². The van der Waals surface area contributed by atoms with Crippen LogP contribution < -0.4 is 5.32 Å². The van der Waals surface area contributed by atoms with Crippen LogP contribution in [0.15, 0.2) is 6.33 Å². The maximum absolute atomic E-state index is 12.8. The van der Waals surface area contributed by atoms with Crippen molar-refractivity contribution in [3.63, 3.8) is 0 Å². The summed E-state index contributed by atoms with van der Waals surface area (Å²) in [5.41, 5.74) is -1.12. The summed E-state index contributed by atoms with van der Waals surface area (Å²) in [6.45, 7) is 2.40. The Morgan fingerprint density at radius 1 is 1.35 bits per heavy atom. The van der Waals surface area contributed by atoms with Crippen LogP contribution in [-0.4, -0.2) is 42.0 Å². The largest absolute Gasteiger partial charge is 0.435 e. The number of amides is 2. The van der Waals surface area contributed by atoms with Gasteiger partial charge in [-0.3, -0.25) is 10.00 Å². The molecule has 1 aliphatic rings. The average molecular weight is 329 g/mol. The number of carbonyl (C=O) groups excluding carboxylic acids is 1. The number of fused-ring (bicyclic) bond motifs is 1.